The van der Waals surface area contributed by atoms with Gasteiger partial charge in [0.2, 0.25) is 0 Å². The first-order valence-corrected chi connectivity index (χ1v) is 14.0. The Kier molecular flexibility index (Phi) is 25.4. The van der Waals surface area contributed by atoms with Crippen molar-refractivity contribution < 1.29 is 47.6 Å². The van der Waals surface area contributed by atoms with E-state index in [1.807, 2.05) is 6.92 Å². The van der Waals surface area contributed by atoms with Crippen molar-refractivity contribution in [2.45, 2.75) is 154 Å². The molecule has 1 N–H and O–H groups in total. The maximum atomic E-state index is 11.4. The van der Waals surface area contributed by atoms with Crippen molar-refractivity contribution >= 4 is 10.1 Å². The van der Waals surface area contributed by atoms with Gasteiger partial charge < -0.3 is 9.66 Å². The average Bonchev–Trinajstić information content (AvgIpc) is 2.66. The summed E-state index contributed by atoms with van der Waals surface area (Å²) in [4.78, 5) is 0. The molecule has 0 aromatic rings. The Morgan fingerprint density at radius 3 is 1.37 bits per heavy atom. The minimum atomic E-state index is -4.26. The molecule has 0 rings (SSSR count). The molecule has 0 fully saturated rings. The van der Waals surface area contributed by atoms with Crippen LogP contribution in [0.1, 0.15) is 142 Å². The third-order valence-electron chi connectivity index (χ3n) is 5.98. The zero-order chi connectivity index (χ0) is 21.8. The van der Waals surface area contributed by atoms with Crippen molar-refractivity contribution in [1.29, 1.82) is 0 Å². The first-order valence-electron chi connectivity index (χ1n) is 12.5. The largest absolute Gasteiger partial charge is 1.00 e. The van der Waals surface area contributed by atoms with Gasteiger partial charge in [0.25, 0.3) is 0 Å². The fourth-order valence-corrected chi connectivity index (χ4v) is 4.91. The van der Waals surface area contributed by atoms with Gasteiger partial charge >= 0.3 is 29.6 Å². The summed E-state index contributed by atoms with van der Waals surface area (Å²) in [6.45, 7) is 4.25. The molecule has 0 aliphatic carbocycles. The minimum absolute atomic E-state index is 0. The summed E-state index contributed by atoms with van der Waals surface area (Å²) in [5.41, 5.74) is 0. The summed E-state index contributed by atoms with van der Waals surface area (Å²) < 4.78 is 34.3. The van der Waals surface area contributed by atoms with Crippen LogP contribution in [0.4, 0.5) is 0 Å². The van der Waals surface area contributed by atoms with Crippen LogP contribution in [0.2, 0.25) is 0 Å². The van der Waals surface area contributed by atoms with E-state index in [0.29, 0.717) is 25.7 Å². The second kappa shape index (κ2) is 23.0. The summed E-state index contributed by atoms with van der Waals surface area (Å²) in [6.07, 6.45) is 21.3. The molecule has 0 bridgehead atoms. The molecule has 2 atom stereocenters. The fraction of sp³-hybridized carbons (Fsp3) is 1.00. The number of hydrogen-bond donors (Lipinski definition) is 1. The van der Waals surface area contributed by atoms with Gasteiger partial charge in [-0.25, -0.2) is 8.42 Å². The van der Waals surface area contributed by atoms with Gasteiger partial charge in [0.1, 0.15) is 0 Å². The predicted octanol–water partition coefficient (Wildman–Crippen LogP) is 4.11. The second-order valence-electron chi connectivity index (χ2n) is 8.87. The van der Waals surface area contributed by atoms with Gasteiger partial charge in [-0.1, -0.05) is 117 Å². The van der Waals surface area contributed by atoms with Gasteiger partial charge in [-0.2, -0.15) is 0 Å². The Morgan fingerprint density at radius 1 is 0.600 bits per heavy atom. The van der Waals surface area contributed by atoms with Crippen LogP contribution in [0.5, 0.6) is 0 Å². The molecule has 4 nitrogen and oxygen atoms in total. The van der Waals surface area contributed by atoms with Crippen LogP contribution < -0.4 is 29.6 Å². The summed E-state index contributed by atoms with van der Waals surface area (Å²) in [5.74, 6) is 0. The normalized spacial score (nSPS) is 13.7. The summed E-state index contributed by atoms with van der Waals surface area (Å²) in [6, 6.07) is 0. The van der Waals surface area contributed by atoms with E-state index in [2.05, 4.69) is 6.92 Å². The van der Waals surface area contributed by atoms with Gasteiger partial charge in [-0.15, -0.1) is 0 Å². The summed E-state index contributed by atoms with van der Waals surface area (Å²) >= 11 is 0. The third kappa shape index (κ3) is 22.1. The molecule has 30 heavy (non-hydrogen) atoms. The van der Waals surface area contributed by atoms with Crippen LogP contribution in [-0.2, 0) is 10.1 Å². The molecule has 0 aliphatic rings. The maximum Gasteiger partial charge on any atom is 1.00 e. The smallest absolute Gasteiger partial charge is 0.748 e. The molecule has 2 unspecified atom stereocenters. The van der Waals surface area contributed by atoms with Crippen molar-refractivity contribution in [3.8, 4) is 0 Å². The zero-order valence-electron chi connectivity index (χ0n) is 20.4. The molecule has 0 radical (unpaired) electrons. The molecule has 0 aromatic carbocycles. The summed E-state index contributed by atoms with van der Waals surface area (Å²) in [7, 11) is -4.26. The molecular weight excluding hydrogens is 407 g/mol. The van der Waals surface area contributed by atoms with E-state index in [0.717, 1.165) is 25.7 Å². The molecule has 0 aromatic heterocycles. The van der Waals surface area contributed by atoms with Crippen molar-refractivity contribution in [3.05, 3.63) is 0 Å². The molecule has 0 saturated heterocycles. The Morgan fingerprint density at radius 2 is 1.00 bits per heavy atom. The van der Waals surface area contributed by atoms with Gasteiger partial charge in [-0.3, -0.25) is 0 Å². The first kappa shape index (κ1) is 33.0. The maximum absolute atomic E-state index is 11.4. The first-order chi connectivity index (χ1) is 13.9. The Bertz CT molecular complexity index is 442. The SMILES string of the molecule is CCCCCCCCCCCCCCCCCC(CCC(O)CCC)S(=O)(=O)[O-].[Na+]. The molecule has 0 saturated carbocycles. The minimum Gasteiger partial charge on any atom is -0.748 e. The number of unbranched alkanes of at least 4 members (excludes halogenated alkanes) is 14. The van der Waals surface area contributed by atoms with E-state index in [1.165, 1.54) is 77.0 Å². The van der Waals surface area contributed by atoms with Crippen molar-refractivity contribution in [1.82, 2.24) is 0 Å². The standard InChI is InChI=1S/C24H50O4S.Na/c1-3-5-6-7-8-9-10-11-12-13-14-15-16-17-18-20-24(29(26,27)28)22-21-23(25)19-4-2;/h23-25H,3-22H2,1-2H3,(H,26,27,28);/q;+1/p-1. The molecule has 6 heteroatoms. The van der Waals surface area contributed by atoms with E-state index in [4.69, 9.17) is 0 Å². The molecular formula is C24H49NaO4S. The Hall–Kier alpha value is 0.870. The Labute approximate surface area is 210 Å². The fourth-order valence-electron chi connectivity index (χ4n) is 4.03. The van der Waals surface area contributed by atoms with Crippen LogP contribution in [-0.4, -0.2) is 29.4 Å². The summed E-state index contributed by atoms with van der Waals surface area (Å²) in [5, 5.41) is 8.95. The molecule has 176 valence electrons. The third-order valence-corrected chi connectivity index (χ3v) is 7.27. The van der Waals surface area contributed by atoms with Crippen LogP contribution in [0.3, 0.4) is 0 Å². The quantitative estimate of drug-likeness (QED) is 0.151. The Balaban J connectivity index is 0. The van der Waals surface area contributed by atoms with Crippen LogP contribution in [0.25, 0.3) is 0 Å². The van der Waals surface area contributed by atoms with Gasteiger partial charge in [-0.05, 0) is 25.7 Å². The number of aliphatic hydroxyl groups excluding tert-OH is 1. The van der Waals surface area contributed by atoms with Gasteiger partial charge in [0, 0.05) is 5.25 Å². The molecule has 0 spiro atoms. The van der Waals surface area contributed by atoms with Crippen LogP contribution in [0.15, 0.2) is 0 Å². The van der Waals surface area contributed by atoms with E-state index in [9.17, 15) is 18.1 Å². The van der Waals surface area contributed by atoms with E-state index in [1.54, 1.807) is 0 Å². The second-order valence-corrected chi connectivity index (χ2v) is 10.5. The van der Waals surface area contributed by atoms with Crippen molar-refractivity contribution in [2.24, 2.45) is 0 Å². The van der Waals surface area contributed by atoms with Crippen LogP contribution >= 0.6 is 0 Å². The number of hydrogen-bond acceptors (Lipinski definition) is 4. The van der Waals surface area contributed by atoms with Crippen LogP contribution in [0, 0.1) is 0 Å². The zero-order valence-corrected chi connectivity index (χ0v) is 23.2. The van der Waals surface area contributed by atoms with Crippen molar-refractivity contribution in [2.75, 3.05) is 0 Å². The van der Waals surface area contributed by atoms with E-state index >= 15 is 0 Å². The predicted molar refractivity (Wildman–Crippen MR) is 123 cm³/mol. The topological polar surface area (TPSA) is 77.4 Å². The monoisotopic (exact) mass is 456 g/mol. The van der Waals surface area contributed by atoms with Gasteiger partial charge in [0.05, 0.1) is 16.2 Å². The van der Waals surface area contributed by atoms with Gasteiger partial charge in [0.15, 0.2) is 0 Å². The molecule has 0 heterocycles. The van der Waals surface area contributed by atoms with Crippen molar-refractivity contribution in [3.63, 3.8) is 0 Å². The number of aliphatic hydroxyl groups is 1. The number of rotatable bonds is 22. The molecule has 0 amide bonds. The molecule has 0 aliphatic heterocycles. The van der Waals surface area contributed by atoms with E-state index in [-0.39, 0.29) is 29.6 Å². The van der Waals surface area contributed by atoms with E-state index < -0.39 is 21.5 Å². The average molecular weight is 457 g/mol.